The third kappa shape index (κ3) is 1.31. The van der Waals surface area contributed by atoms with E-state index in [9.17, 15) is 4.79 Å². The number of carbonyl (C=O) groups excluding carboxylic acids is 1. The van der Waals surface area contributed by atoms with E-state index in [0.29, 0.717) is 24.4 Å². The van der Waals surface area contributed by atoms with Gasteiger partial charge in [0.15, 0.2) is 0 Å². The molecule has 0 saturated carbocycles. The van der Waals surface area contributed by atoms with Crippen molar-refractivity contribution in [1.82, 2.24) is 10.1 Å². The van der Waals surface area contributed by atoms with Crippen LogP contribution in [0.2, 0.25) is 0 Å². The molecule has 5 heteroatoms. The molecule has 2 rings (SSSR count). The summed E-state index contributed by atoms with van der Waals surface area (Å²) in [6.07, 6.45) is 1.03. The van der Waals surface area contributed by atoms with Gasteiger partial charge in [0, 0.05) is 13.1 Å². The van der Waals surface area contributed by atoms with Crippen LogP contribution in [0.15, 0.2) is 10.7 Å². The predicted octanol–water partition coefficient (Wildman–Crippen LogP) is -0.200. The van der Waals surface area contributed by atoms with Crippen molar-refractivity contribution in [3.8, 4) is 0 Å². The summed E-state index contributed by atoms with van der Waals surface area (Å²) in [7, 11) is 0. The van der Waals surface area contributed by atoms with Crippen LogP contribution in [0.4, 0.5) is 0 Å². The second-order valence-electron chi connectivity index (χ2n) is 3.16. The van der Waals surface area contributed by atoms with E-state index in [4.69, 9.17) is 9.63 Å². The molecule has 0 aromatic carbocycles. The summed E-state index contributed by atoms with van der Waals surface area (Å²) in [5.74, 6) is 0.399. The van der Waals surface area contributed by atoms with Gasteiger partial charge < -0.3 is 14.5 Å². The Bertz CT molecular complexity index is 328. The molecule has 1 aromatic rings. The van der Waals surface area contributed by atoms with Gasteiger partial charge in [-0.3, -0.25) is 4.79 Å². The van der Waals surface area contributed by atoms with Crippen molar-refractivity contribution in [1.29, 1.82) is 0 Å². The molecule has 13 heavy (non-hydrogen) atoms. The molecule has 1 N–H and O–H groups in total. The Morgan fingerprint density at radius 3 is 2.92 bits per heavy atom. The molecule has 70 valence electrons. The molecular weight excluding hydrogens is 172 g/mol. The average molecular weight is 182 g/mol. The largest absolute Gasteiger partial charge is 0.389 e. The van der Waals surface area contributed by atoms with Crippen LogP contribution in [0.3, 0.4) is 0 Å². The zero-order valence-electron chi connectivity index (χ0n) is 7.23. The van der Waals surface area contributed by atoms with Gasteiger partial charge in [0.1, 0.15) is 11.3 Å². The Balaban J connectivity index is 2.10. The molecular formula is C8H10N2O3. The fourth-order valence-electron chi connectivity index (χ4n) is 1.30. The number of rotatable bonds is 1. The summed E-state index contributed by atoms with van der Waals surface area (Å²) in [6, 6.07) is 0. The van der Waals surface area contributed by atoms with E-state index in [1.807, 2.05) is 0 Å². The standard InChI is InChI=1S/C8H10N2O3/c1-5-7(2-9-13-5)8(12)10-3-6(11)4-10/h2,6,11H,3-4H2,1H3. The first-order valence-electron chi connectivity index (χ1n) is 4.07. The summed E-state index contributed by atoms with van der Waals surface area (Å²) >= 11 is 0. The van der Waals surface area contributed by atoms with Gasteiger partial charge in [-0.1, -0.05) is 5.16 Å². The molecule has 0 radical (unpaired) electrons. The number of aliphatic hydroxyl groups excluding tert-OH is 1. The lowest BCUT2D eigenvalue weighted by Gasteiger charge is -2.35. The van der Waals surface area contributed by atoms with Gasteiger partial charge in [-0.2, -0.15) is 0 Å². The number of aromatic nitrogens is 1. The Hall–Kier alpha value is -1.36. The minimum absolute atomic E-state index is 0.121. The van der Waals surface area contributed by atoms with Gasteiger partial charge in [-0.25, -0.2) is 0 Å². The molecule has 1 fully saturated rings. The van der Waals surface area contributed by atoms with E-state index in [2.05, 4.69) is 5.16 Å². The maximum absolute atomic E-state index is 11.6. The Labute approximate surface area is 74.9 Å². The van der Waals surface area contributed by atoms with Gasteiger partial charge in [0.2, 0.25) is 0 Å². The van der Waals surface area contributed by atoms with Gasteiger partial charge in [-0.05, 0) is 6.92 Å². The zero-order chi connectivity index (χ0) is 9.42. The van der Waals surface area contributed by atoms with Gasteiger partial charge in [0.25, 0.3) is 5.91 Å². The summed E-state index contributed by atoms with van der Waals surface area (Å²) in [5, 5.41) is 12.5. The molecule has 1 saturated heterocycles. The molecule has 1 aliphatic heterocycles. The van der Waals surface area contributed by atoms with E-state index < -0.39 is 0 Å². The van der Waals surface area contributed by atoms with Crippen molar-refractivity contribution >= 4 is 5.91 Å². The molecule has 1 aliphatic rings. The SMILES string of the molecule is Cc1oncc1C(=O)N1CC(O)C1. The van der Waals surface area contributed by atoms with Crippen LogP contribution in [-0.4, -0.2) is 40.3 Å². The maximum Gasteiger partial charge on any atom is 0.259 e. The lowest BCUT2D eigenvalue weighted by atomic mass is 10.1. The first-order valence-corrected chi connectivity index (χ1v) is 4.07. The molecule has 0 unspecified atom stereocenters. The molecule has 0 spiro atoms. The van der Waals surface area contributed by atoms with Crippen molar-refractivity contribution < 1.29 is 14.4 Å². The molecule has 0 bridgehead atoms. The molecule has 1 amide bonds. The number of likely N-dealkylation sites (tertiary alicyclic amines) is 1. The van der Waals surface area contributed by atoms with Crippen LogP contribution >= 0.6 is 0 Å². The number of hydrogen-bond acceptors (Lipinski definition) is 4. The molecule has 5 nitrogen and oxygen atoms in total. The smallest absolute Gasteiger partial charge is 0.259 e. The van der Waals surface area contributed by atoms with Crippen LogP contribution in [-0.2, 0) is 0 Å². The van der Waals surface area contributed by atoms with Crippen LogP contribution in [0.5, 0.6) is 0 Å². The van der Waals surface area contributed by atoms with Gasteiger partial charge in [0.05, 0.1) is 12.3 Å². The highest BCUT2D eigenvalue weighted by molar-refractivity contribution is 5.95. The Morgan fingerprint density at radius 1 is 1.77 bits per heavy atom. The predicted molar refractivity (Wildman–Crippen MR) is 43.2 cm³/mol. The normalized spacial score (nSPS) is 17.2. The fraction of sp³-hybridized carbons (Fsp3) is 0.500. The third-order valence-corrected chi connectivity index (χ3v) is 2.13. The van der Waals surface area contributed by atoms with E-state index in [1.54, 1.807) is 11.8 Å². The highest BCUT2D eigenvalue weighted by Crippen LogP contribution is 2.15. The lowest BCUT2D eigenvalue weighted by molar-refractivity contribution is 0.00577. The highest BCUT2D eigenvalue weighted by atomic mass is 16.5. The summed E-state index contributed by atoms with van der Waals surface area (Å²) in [6.45, 7) is 2.50. The molecule has 0 atom stereocenters. The number of β-amino-alcohol motifs (C(OH)–C–C–N with tert-alkyl or cyclic N) is 1. The quantitative estimate of drug-likeness (QED) is 0.653. The molecule has 1 aromatic heterocycles. The minimum atomic E-state index is -0.371. The van der Waals surface area contributed by atoms with Crippen molar-refractivity contribution in [3.63, 3.8) is 0 Å². The third-order valence-electron chi connectivity index (χ3n) is 2.13. The van der Waals surface area contributed by atoms with E-state index >= 15 is 0 Å². The van der Waals surface area contributed by atoms with E-state index in [0.717, 1.165) is 0 Å². The number of aryl methyl sites for hydroxylation is 1. The second kappa shape index (κ2) is 2.85. The monoisotopic (exact) mass is 182 g/mol. The number of amides is 1. The van der Waals surface area contributed by atoms with Crippen LogP contribution in [0.1, 0.15) is 16.1 Å². The highest BCUT2D eigenvalue weighted by Gasteiger charge is 2.31. The molecule has 2 heterocycles. The van der Waals surface area contributed by atoms with Crippen molar-refractivity contribution in [3.05, 3.63) is 17.5 Å². The minimum Gasteiger partial charge on any atom is -0.389 e. The van der Waals surface area contributed by atoms with Crippen LogP contribution in [0.25, 0.3) is 0 Å². The number of carbonyl (C=O) groups is 1. The summed E-state index contributed by atoms with van der Waals surface area (Å²) in [5.41, 5.74) is 0.479. The molecule has 0 aliphatic carbocycles. The van der Waals surface area contributed by atoms with Crippen LogP contribution < -0.4 is 0 Å². The Morgan fingerprint density at radius 2 is 2.46 bits per heavy atom. The van der Waals surface area contributed by atoms with Crippen molar-refractivity contribution in [2.75, 3.05) is 13.1 Å². The van der Waals surface area contributed by atoms with E-state index in [1.165, 1.54) is 6.20 Å². The first-order chi connectivity index (χ1) is 6.18. The average Bonchev–Trinajstić information content (AvgIpc) is 2.44. The summed E-state index contributed by atoms with van der Waals surface area (Å²) in [4.78, 5) is 13.1. The number of hydrogen-bond donors (Lipinski definition) is 1. The van der Waals surface area contributed by atoms with Gasteiger partial charge in [-0.15, -0.1) is 0 Å². The van der Waals surface area contributed by atoms with Crippen LogP contribution in [0, 0.1) is 6.92 Å². The fourth-order valence-corrected chi connectivity index (χ4v) is 1.30. The topological polar surface area (TPSA) is 66.6 Å². The second-order valence-corrected chi connectivity index (χ2v) is 3.16. The van der Waals surface area contributed by atoms with Crippen molar-refractivity contribution in [2.45, 2.75) is 13.0 Å². The number of aliphatic hydroxyl groups is 1. The maximum atomic E-state index is 11.6. The summed E-state index contributed by atoms with van der Waals surface area (Å²) < 4.78 is 4.77. The van der Waals surface area contributed by atoms with E-state index in [-0.39, 0.29) is 12.0 Å². The number of nitrogens with zero attached hydrogens (tertiary/aromatic N) is 2. The van der Waals surface area contributed by atoms with Gasteiger partial charge >= 0.3 is 0 Å². The van der Waals surface area contributed by atoms with Crippen molar-refractivity contribution in [2.24, 2.45) is 0 Å². The Kier molecular flexibility index (Phi) is 1.81. The zero-order valence-corrected chi connectivity index (χ0v) is 7.23. The first kappa shape index (κ1) is 8.25. The lowest BCUT2D eigenvalue weighted by Crippen LogP contribution is -2.53.